The lowest BCUT2D eigenvalue weighted by atomic mass is 10.1. The third kappa shape index (κ3) is 4.12. The SMILES string of the molecule is CS(=O)(=O)c1ccc(OC2CCN(c3ncnc4ccc(Br)cc34)CC2)cc1. The highest BCUT2D eigenvalue weighted by Gasteiger charge is 2.23. The van der Waals surface area contributed by atoms with Crippen molar-refractivity contribution < 1.29 is 13.2 Å². The van der Waals surface area contributed by atoms with Crippen LogP contribution >= 0.6 is 15.9 Å². The van der Waals surface area contributed by atoms with Crippen LogP contribution in [0.15, 0.2) is 58.2 Å². The summed E-state index contributed by atoms with van der Waals surface area (Å²) in [6.07, 6.45) is 4.65. The standard InChI is InChI=1S/C20H20BrN3O3S/c1-28(25,26)17-5-3-15(4-6-17)27-16-8-10-24(11-9-16)20-18-12-14(21)2-7-19(18)22-13-23-20/h2-7,12-13,16H,8-11H2,1H3. The Bertz CT molecular complexity index is 1100. The highest BCUT2D eigenvalue weighted by Crippen LogP contribution is 2.29. The Kier molecular flexibility index (Phi) is 5.25. The molecule has 146 valence electrons. The maximum Gasteiger partial charge on any atom is 0.175 e. The first-order valence-corrected chi connectivity index (χ1v) is 11.7. The monoisotopic (exact) mass is 461 g/mol. The maximum atomic E-state index is 11.6. The summed E-state index contributed by atoms with van der Waals surface area (Å²) in [6, 6.07) is 12.6. The molecule has 8 heteroatoms. The molecule has 0 bridgehead atoms. The van der Waals surface area contributed by atoms with Gasteiger partial charge in [-0.25, -0.2) is 18.4 Å². The zero-order chi connectivity index (χ0) is 19.7. The Morgan fingerprint density at radius 1 is 1.07 bits per heavy atom. The summed E-state index contributed by atoms with van der Waals surface area (Å²) in [7, 11) is -3.19. The lowest BCUT2D eigenvalue weighted by molar-refractivity contribution is 0.170. The van der Waals surface area contributed by atoms with Crippen molar-refractivity contribution in [1.82, 2.24) is 9.97 Å². The van der Waals surface area contributed by atoms with Crippen LogP contribution in [-0.2, 0) is 9.84 Å². The van der Waals surface area contributed by atoms with Crippen LogP contribution in [0, 0.1) is 0 Å². The number of sulfone groups is 1. The summed E-state index contributed by atoms with van der Waals surface area (Å²) in [5.74, 6) is 1.64. The summed E-state index contributed by atoms with van der Waals surface area (Å²) in [6.45, 7) is 1.68. The first-order valence-electron chi connectivity index (χ1n) is 9.02. The van der Waals surface area contributed by atoms with E-state index in [2.05, 4.69) is 36.9 Å². The predicted molar refractivity (Wildman–Crippen MR) is 113 cm³/mol. The molecule has 0 aliphatic carbocycles. The molecule has 3 aromatic rings. The van der Waals surface area contributed by atoms with Crippen LogP contribution in [0.3, 0.4) is 0 Å². The van der Waals surface area contributed by atoms with E-state index in [0.29, 0.717) is 10.6 Å². The largest absolute Gasteiger partial charge is 0.490 e. The molecule has 28 heavy (non-hydrogen) atoms. The second kappa shape index (κ2) is 7.67. The van der Waals surface area contributed by atoms with Crippen molar-refractivity contribution in [3.8, 4) is 5.75 Å². The fourth-order valence-electron chi connectivity index (χ4n) is 3.41. The molecule has 0 radical (unpaired) electrons. The van der Waals surface area contributed by atoms with Gasteiger partial charge in [-0.15, -0.1) is 0 Å². The second-order valence-corrected chi connectivity index (χ2v) is 9.84. The molecule has 0 saturated carbocycles. The molecule has 0 spiro atoms. The van der Waals surface area contributed by atoms with E-state index in [0.717, 1.165) is 47.1 Å². The van der Waals surface area contributed by atoms with E-state index < -0.39 is 9.84 Å². The minimum absolute atomic E-state index is 0.0974. The molecule has 1 aliphatic heterocycles. The van der Waals surface area contributed by atoms with Gasteiger partial charge in [0.25, 0.3) is 0 Å². The number of nitrogens with zero attached hydrogens (tertiary/aromatic N) is 3. The summed E-state index contributed by atoms with van der Waals surface area (Å²) < 4.78 is 30.2. The number of benzene rings is 2. The lowest BCUT2D eigenvalue weighted by Crippen LogP contribution is -2.38. The summed E-state index contributed by atoms with van der Waals surface area (Å²) in [4.78, 5) is 11.4. The number of halogens is 1. The van der Waals surface area contributed by atoms with Gasteiger partial charge in [-0.05, 0) is 42.5 Å². The van der Waals surface area contributed by atoms with E-state index in [1.807, 2.05) is 12.1 Å². The van der Waals surface area contributed by atoms with Gasteiger partial charge in [-0.3, -0.25) is 0 Å². The first-order chi connectivity index (χ1) is 13.4. The number of hydrogen-bond acceptors (Lipinski definition) is 6. The summed E-state index contributed by atoms with van der Waals surface area (Å²) in [5.41, 5.74) is 0.928. The molecule has 0 amide bonds. The molecule has 0 atom stereocenters. The average molecular weight is 462 g/mol. The van der Waals surface area contributed by atoms with E-state index in [4.69, 9.17) is 4.74 Å². The van der Waals surface area contributed by atoms with Crippen molar-refractivity contribution in [3.05, 3.63) is 53.3 Å². The molecule has 1 fully saturated rings. The fraction of sp³-hybridized carbons (Fsp3) is 0.300. The van der Waals surface area contributed by atoms with Crippen LogP contribution in [-0.4, -0.2) is 43.8 Å². The van der Waals surface area contributed by atoms with Gasteiger partial charge >= 0.3 is 0 Å². The lowest BCUT2D eigenvalue weighted by Gasteiger charge is -2.33. The van der Waals surface area contributed by atoms with E-state index in [9.17, 15) is 8.42 Å². The van der Waals surface area contributed by atoms with Crippen LogP contribution in [0.2, 0.25) is 0 Å². The highest BCUT2D eigenvalue weighted by atomic mass is 79.9. The van der Waals surface area contributed by atoms with Crippen LogP contribution in [0.4, 0.5) is 5.82 Å². The van der Waals surface area contributed by atoms with E-state index in [1.54, 1.807) is 30.6 Å². The summed E-state index contributed by atoms with van der Waals surface area (Å²) in [5, 5.41) is 1.03. The molecule has 6 nitrogen and oxygen atoms in total. The van der Waals surface area contributed by atoms with Crippen molar-refractivity contribution in [2.75, 3.05) is 24.2 Å². The summed E-state index contributed by atoms with van der Waals surface area (Å²) >= 11 is 3.52. The van der Waals surface area contributed by atoms with Crippen LogP contribution in [0.25, 0.3) is 10.9 Å². The Morgan fingerprint density at radius 2 is 1.79 bits per heavy atom. The maximum absolute atomic E-state index is 11.6. The molecule has 0 unspecified atom stereocenters. The number of aromatic nitrogens is 2. The number of hydrogen-bond donors (Lipinski definition) is 0. The van der Waals surface area contributed by atoms with Crippen molar-refractivity contribution in [3.63, 3.8) is 0 Å². The topological polar surface area (TPSA) is 72.4 Å². The van der Waals surface area contributed by atoms with Crippen molar-refractivity contribution >= 4 is 42.5 Å². The van der Waals surface area contributed by atoms with Gasteiger partial charge in [0.15, 0.2) is 9.84 Å². The van der Waals surface area contributed by atoms with Gasteiger partial charge in [0, 0.05) is 42.0 Å². The molecular weight excluding hydrogens is 442 g/mol. The quantitative estimate of drug-likeness (QED) is 0.587. The van der Waals surface area contributed by atoms with Gasteiger partial charge < -0.3 is 9.64 Å². The zero-order valence-corrected chi connectivity index (χ0v) is 17.8. The highest BCUT2D eigenvalue weighted by molar-refractivity contribution is 9.10. The van der Waals surface area contributed by atoms with E-state index >= 15 is 0 Å². The molecule has 4 rings (SSSR count). The normalized spacial score (nSPS) is 15.7. The smallest absolute Gasteiger partial charge is 0.175 e. The molecule has 2 aromatic carbocycles. The number of fused-ring (bicyclic) bond motifs is 1. The van der Waals surface area contributed by atoms with Gasteiger partial charge in [0.05, 0.1) is 10.4 Å². The fourth-order valence-corrected chi connectivity index (χ4v) is 4.40. The molecular formula is C20H20BrN3O3S. The van der Waals surface area contributed by atoms with Crippen molar-refractivity contribution in [1.29, 1.82) is 0 Å². The molecule has 0 N–H and O–H groups in total. The average Bonchev–Trinajstić information content (AvgIpc) is 2.68. The van der Waals surface area contributed by atoms with Gasteiger partial charge in [0.1, 0.15) is 24.0 Å². The van der Waals surface area contributed by atoms with E-state index in [-0.39, 0.29) is 6.10 Å². The second-order valence-electron chi connectivity index (χ2n) is 6.91. The Hall–Kier alpha value is -2.19. The number of rotatable bonds is 4. The minimum Gasteiger partial charge on any atom is -0.490 e. The van der Waals surface area contributed by atoms with Crippen LogP contribution in [0.5, 0.6) is 5.75 Å². The first kappa shape index (κ1) is 19.1. The van der Waals surface area contributed by atoms with Gasteiger partial charge in [-0.2, -0.15) is 0 Å². The molecule has 1 aliphatic rings. The van der Waals surface area contributed by atoms with E-state index in [1.165, 1.54) is 6.26 Å². The Morgan fingerprint density at radius 3 is 2.46 bits per heavy atom. The van der Waals surface area contributed by atoms with Gasteiger partial charge in [-0.1, -0.05) is 15.9 Å². The number of piperidine rings is 1. The number of anilines is 1. The zero-order valence-electron chi connectivity index (χ0n) is 15.4. The predicted octanol–water partition coefficient (Wildman–Crippen LogP) is 3.84. The number of ether oxygens (including phenoxy) is 1. The van der Waals surface area contributed by atoms with Crippen LogP contribution < -0.4 is 9.64 Å². The Balaban J connectivity index is 1.43. The van der Waals surface area contributed by atoms with Crippen LogP contribution in [0.1, 0.15) is 12.8 Å². The minimum atomic E-state index is -3.19. The third-order valence-electron chi connectivity index (χ3n) is 4.87. The third-order valence-corrected chi connectivity index (χ3v) is 6.49. The molecule has 1 aromatic heterocycles. The molecule has 1 saturated heterocycles. The van der Waals surface area contributed by atoms with Crippen molar-refractivity contribution in [2.24, 2.45) is 0 Å². The Labute approximate surface area is 172 Å². The van der Waals surface area contributed by atoms with Gasteiger partial charge in [0.2, 0.25) is 0 Å². The van der Waals surface area contributed by atoms with Crippen molar-refractivity contribution in [2.45, 2.75) is 23.8 Å². The molecule has 2 heterocycles.